The first-order valence-corrected chi connectivity index (χ1v) is 5.49. The van der Waals surface area contributed by atoms with E-state index in [1.54, 1.807) is 18.2 Å². The summed E-state index contributed by atoms with van der Waals surface area (Å²) in [7, 11) is 1.51. The predicted molar refractivity (Wildman–Crippen MR) is 59.9 cm³/mol. The molecular formula is C12H12N2O3. The molecule has 88 valence electrons. The van der Waals surface area contributed by atoms with E-state index in [-0.39, 0.29) is 5.75 Å². The number of ether oxygens (including phenoxy) is 1. The van der Waals surface area contributed by atoms with Crippen molar-refractivity contribution in [3.05, 3.63) is 24.0 Å². The number of rotatable bonds is 3. The van der Waals surface area contributed by atoms with Crippen LogP contribution in [0.4, 0.5) is 0 Å². The molecule has 0 radical (unpaired) electrons. The standard InChI is InChI=1S/C12H12N2O3/c1-16-10-5-4-8(6-9(10)15)12-13-11(14-17-12)7-2-3-7/h4-7,15H,2-3H2,1H3. The first kappa shape index (κ1) is 10.1. The number of phenols is 1. The maximum Gasteiger partial charge on any atom is 0.258 e. The fourth-order valence-electron chi connectivity index (χ4n) is 1.68. The Morgan fingerprint density at radius 2 is 2.24 bits per heavy atom. The monoisotopic (exact) mass is 232 g/mol. The number of methoxy groups -OCH3 is 1. The molecule has 1 aromatic heterocycles. The van der Waals surface area contributed by atoms with Gasteiger partial charge in [0, 0.05) is 11.5 Å². The van der Waals surface area contributed by atoms with Crippen LogP contribution in [0.25, 0.3) is 11.5 Å². The smallest absolute Gasteiger partial charge is 0.258 e. The van der Waals surface area contributed by atoms with Crippen LogP contribution in [-0.4, -0.2) is 22.4 Å². The molecule has 1 heterocycles. The zero-order valence-corrected chi connectivity index (χ0v) is 9.38. The number of hydrogen-bond donors (Lipinski definition) is 1. The number of benzene rings is 1. The second-order valence-corrected chi connectivity index (χ2v) is 4.12. The summed E-state index contributed by atoms with van der Waals surface area (Å²) < 4.78 is 10.1. The lowest BCUT2D eigenvalue weighted by Crippen LogP contribution is -1.85. The summed E-state index contributed by atoms with van der Waals surface area (Å²) in [6.07, 6.45) is 2.26. The molecule has 0 aliphatic heterocycles. The van der Waals surface area contributed by atoms with Gasteiger partial charge in [0.05, 0.1) is 7.11 Å². The molecule has 17 heavy (non-hydrogen) atoms. The third-order valence-corrected chi connectivity index (χ3v) is 2.81. The molecule has 0 atom stereocenters. The van der Waals surface area contributed by atoms with Gasteiger partial charge in [0.15, 0.2) is 17.3 Å². The molecule has 1 saturated carbocycles. The molecular weight excluding hydrogens is 220 g/mol. The third-order valence-electron chi connectivity index (χ3n) is 2.81. The minimum Gasteiger partial charge on any atom is -0.504 e. The van der Waals surface area contributed by atoms with Gasteiger partial charge in [-0.3, -0.25) is 0 Å². The average Bonchev–Trinajstić information content (AvgIpc) is 3.07. The van der Waals surface area contributed by atoms with Crippen LogP contribution in [0, 0.1) is 0 Å². The van der Waals surface area contributed by atoms with Gasteiger partial charge in [0.1, 0.15) is 0 Å². The summed E-state index contributed by atoms with van der Waals surface area (Å²) in [6.45, 7) is 0. The molecule has 1 aliphatic rings. The maximum absolute atomic E-state index is 9.67. The van der Waals surface area contributed by atoms with E-state index in [2.05, 4.69) is 10.1 Å². The molecule has 1 aromatic carbocycles. The molecule has 0 unspecified atom stereocenters. The zero-order chi connectivity index (χ0) is 11.8. The Hall–Kier alpha value is -2.04. The molecule has 2 aromatic rings. The highest BCUT2D eigenvalue weighted by molar-refractivity contribution is 5.59. The second-order valence-electron chi connectivity index (χ2n) is 4.12. The Kier molecular flexibility index (Phi) is 2.24. The first-order valence-electron chi connectivity index (χ1n) is 5.49. The van der Waals surface area contributed by atoms with E-state index in [9.17, 15) is 5.11 Å². The summed E-state index contributed by atoms with van der Waals surface area (Å²) in [4.78, 5) is 4.31. The summed E-state index contributed by atoms with van der Waals surface area (Å²) in [5.41, 5.74) is 0.697. The van der Waals surface area contributed by atoms with Crippen LogP contribution in [0.3, 0.4) is 0 Å². The van der Waals surface area contributed by atoms with Crippen LogP contribution in [0.1, 0.15) is 24.6 Å². The van der Waals surface area contributed by atoms with E-state index >= 15 is 0 Å². The molecule has 0 bridgehead atoms. The Labute approximate surface area is 98.0 Å². The lowest BCUT2D eigenvalue weighted by Gasteiger charge is -2.03. The molecule has 0 amide bonds. The van der Waals surface area contributed by atoms with Crippen molar-refractivity contribution in [1.82, 2.24) is 10.1 Å². The van der Waals surface area contributed by atoms with Gasteiger partial charge < -0.3 is 14.4 Å². The lowest BCUT2D eigenvalue weighted by molar-refractivity contribution is 0.373. The molecule has 1 aliphatic carbocycles. The number of phenolic OH excluding ortho intramolecular Hbond substituents is 1. The summed E-state index contributed by atoms with van der Waals surface area (Å²) in [5.74, 6) is 2.14. The second kappa shape index (κ2) is 3.76. The quantitative estimate of drug-likeness (QED) is 0.879. The molecule has 5 nitrogen and oxygen atoms in total. The van der Waals surface area contributed by atoms with Gasteiger partial charge in [-0.05, 0) is 31.0 Å². The third kappa shape index (κ3) is 1.84. The minimum atomic E-state index is 0.0659. The van der Waals surface area contributed by atoms with Crippen molar-refractivity contribution in [2.75, 3.05) is 7.11 Å². The highest BCUT2D eigenvalue weighted by Crippen LogP contribution is 2.39. The highest BCUT2D eigenvalue weighted by atomic mass is 16.5. The van der Waals surface area contributed by atoms with E-state index in [1.165, 1.54) is 7.11 Å². The number of hydrogen-bond acceptors (Lipinski definition) is 5. The first-order chi connectivity index (χ1) is 8.28. The molecule has 1 N–H and O–H groups in total. The fourth-order valence-corrected chi connectivity index (χ4v) is 1.68. The van der Waals surface area contributed by atoms with Crippen LogP contribution in [0.2, 0.25) is 0 Å². The highest BCUT2D eigenvalue weighted by Gasteiger charge is 2.29. The van der Waals surface area contributed by atoms with Crippen LogP contribution < -0.4 is 4.74 Å². The predicted octanol–water partition coefficient (Wildman–Crippen LogP) is 2.33. The Morgan fingerprint density at radius 1 is 1.41 bits per heavy atom. The van der Waals surface area contributed by atoms with Crippen molar-refractivity contribution in [3.63, 3.8) is 0 Å². The van der Waals surface area contributed by atoms with Gasteiger partial charge >= 0.3 is 0 Å². The van der Waals surface area contributed by atoms with Crippen molar-refractivity contribution >= 4 is 0 Å². The number of aromatic hydroxyl groups is 1. The van der Waals surface area contributed by atoms with Gasteiger partial charge in [-0.2, -0.15) is 4.98 Å². The number of aromatic nitrogens is 2. The molecule has 5 heteroatoms. The van der Waals surface area contributed by atoms with Crippen LogP contribution in [-0.2, 0) is 0 Å². The van der Waals surface area contributed by atoms with Crippen molar-refractivity contribution in [2.24, 2.45) is 0 Å². The zero-order valence-electron chi connectivity index (χ0n) is 9.38. The van der Waals surface area contributed by atoms with E-state index in [4.69, 9.17) is 9.26 Å². The van der Waals surface area contributed by atoms with Crippen molar-refractivity contribution in [3.8, 4) is 23.0 Å². The van der Waals surface area contributed by atoms with Crippen molar-refractivity contribution < 1.29 is 14.4 Å². The van der Waals surface area contributed by atoms with E-state index in [0.717, 1.165) is 18.7 Å². The normalized spacial score (nSPS) is 14.9. The van der Waals surface area contributed by atoms with Crippen LogP contribution >= 0.6 is 0 Å². The lowest BCUT2D eigenvalue weighted by atomic mass is 10.2. The Balaban J connectivity index is 1.93. The van der Waals surface area contributed by atoms with Gasteiger partial charge in [0.2, 0.25) is 0 Å². The van der Waals surface area contributed by atoms with Gasteiger partial charge in [-0.25, -0.2) is 0 Å². The Morgan fingerprint density at radius 3 is 2.88 bits per heavy atom. The number of nitrogens with zero attached hydrogens (tertiary/aromatic N) is 2. The summed E-state index contributed by atoms with van der Waals surface area (Å²) in [6, 6.07) is 5.01. The maximum atomic E-state index is 9.67. The van der Waals surface area contributed by atoms with E-state index in [0.29, 0.717) is 23.1 Å². The molecule has 0 saturated heterocycles. The fraction of sp³-hybridized carbons (Fsp3) is 0.333. The van der Waals surface area contributed by atoms with Gasteiger partial charge in [-0.15, -0.1) is 0 Å². The summed E-state index contributed by atoms with van der Waals surface area (Å²) in [5, 5.41) is 13.6. The molecule has 3 rings (SSSR count). The van der Waals surface area contributed by atoms with Crippen LogP contribution in [0.15, 0.2) is 22.7 Å². The minimum absolute atomic E-state index is 0.0659. The largest absolute Gasteiger partial charge is 0.504 e. The SMILES string of the molecule is COc1ccc(-c2nc(C3CC3)no2)cc1O. The van der Waals surface area contributed by atoms with E-state index in [1.807, 2.05) is 0 Å². The topological polar surface area (TPSA) is 68.4 Å². The molecule has 0 spiro atoms. The van der Waals surface area contributed by atoms with E-state index < -0.39 is 0 Å². The molecule has 1 fully saturated rings. The average molecular weight is 232 g/mol. The van der Waals surface area contributed by atoms with Crippen molar-refractivity contribution in [2.45, 2.75) is 18.8 Å². The van der Waals surface area contributed by atoms with Gasteiger partial charge in [-0.1, -0.05) is 5.16 Å². The van der Waals surface area contributed by atoms with Gasteiger partial charge in [0.25, 0.3) is 5.89 Å². The summed E-state index contributed by atoms with van der Waals surface area (Å²) >= 11 is 0. The van der Waals surface area contributed by atoms with Crippen molar-refractivity contribution in [1.29, 1.82) is 0 Å². The Bertz CT molecular complexity index is 546. The van der Waals surface area contributed by atoms with Crippen LogP contribution in [0.5, 0.6) is 11.5 Å².